The molecule has 0 aliphatic heterocycles. The number of hydrogen-bond donors (Lipinski definition) is 1. The average Bonchev–Trinajstić information content (AvgIpc) is 3.12. The van der Waals surface area contributed by atoms with Crippen molar-refractivity contribution in [3.8, 4) is 0 Å². The first-order valence-electron chi connectivity index (χ1n) is 6.35. The van der Waals surface area contributed by atoms with Crippen molar-refractivity contribution in [2.24, 2.45) is 5.92 Å². The van der Waals surface area contributed by atoms with Crippen molar-refractivity contribution < 1.29 is 4.79 Å². The van der Waals surface area contributed by atoms with Gasteiger partial charge in [-0.3, -0.25) is 4.79 Å². The maximum Gasteiger partial charge on any atom is 0.254 e. The SMILES string of the molecule is CC(C)N(CC1CC1)C(=O)c1ccc(Cl)c(N)c1. The Labute approximate surface area is 113 Å². The molecule has 0 bridgehead atoms. The van der Waals surface area contributed by atoms with Gasteiger partial charge in [0.05, 0.1) is 10.7 Å². The van der Waals surface area contributed by atoms with E-state index in [9.17, 15) is 4.79 Å². The Hall–Kier alpha value is -1.22. The molecule has 1 amide bonds. The molecule has 98 valence electrons. The molecule has 0 atom stereocenters. The third-order valence-electron chi connectivity index (χ3n) is 3.28. The minimum Gasteiger partial charge on any atom is -0.398 e. The van der Waals surface area contributed by atoms with Crippen LogP contribution in [0.1, 0.15) is 37.0 Å². The van der Waals surface area contributed by atoms with E-state index >= 15 is 0 Å². The molecule has 0 aromatic heterocycles. The van der Waals surface area contributed by atoms with E-state index in [-0.39, 0.29) is 11.9 Å². The summed E-state index contributed by atoms with van der Waals surface area (Å²) >= 11 is 5.87. The van der Waals surface area contributed by atoms with Crippen molar-refractivity contribution in [1.82, 2.24) is 4.90 Å². The summed E-state index contributed by atoms with van der Waals surface area (Å²) in [6, 6.07) is 5.28. The first-order valence-corrected chi connectivity index (χ1v) is 6.73. The van der Waals surface area contributed by atoms with Crippen LogP contribution in [-0.2, 0) is 0 Å². The van der Waals surface area contributed by atoms with Gasteiger partial charge in [0.15, 0.2) is 0 Å². The number of benzene rings is 1. The molecule has 0 radical (unpaired) electrons. The lowest BCUT2D eigenvalue weighted by molar-refractivity contribution is 0.0696. The van der Waals surface area contributed by atoms with E-state index in [4.69, 9.17) is 17.3 Å². The maximum absolute atomic E-state index is 12.4. The Morgan fingerprint density at radius 1 is 1.50 bits per heavy atom. The van der Waals surface area contributed by atoms with Gasteiger partial charge in [0.1, 0.15) is 0 Å². The summed E-state index contributed by atoms with van der Waals surface area (Å²) in [7, 11) is 0. The van der Waals surface area contributed by atoms with Gasteiger partial charge in [0, 0.05) is 18.2 Å². The highest BCUT2D eigenvalue weighted by Crippen LogP contribution is 2.31. The van der Waals surface area contributed by atoms with Crippen LogP contribution in [0.2, 0.25) is 5.02 Å². The predicted octanol–water partition coefficient (Wildman–Crippen LogP) is 3.18. The Kier molecular flexibility index (Phi) is 3.81. The Balaban J connectivity index is 2.18. The molecule has 0 heterocycles. The van der Waals surface area contributed by atoms with Crippen LogP contribution in [0.25, 0.3) is 0 Å². The first-order chi connectivity index (χ1) is 8.49. The van der Waals surface area contributed by atoms with Gasteiger partial charge in [-0.15, -0.1) is 0 Å². The van der Waals surface area contributed by atoms with Crippen LogP contribution in [0.3, 0.4) is 0 Å². The molecule has 0 saturated heterocycles. The molecule has 4 heteroatoms. The quantitative estimate of drug-likeness (QED) is 0.851. The molecule has 1 fully saturated rings. The lowest BCUT2D eigenvalue weighted by atomic mass is 10.1. The van der Waals surface area contributed by atoms with Crippen LogP contribution in [0.5, 0.6) is 0 Å². The second-order valence-electron chi connectivity index (χ2n) is 5.23. The van der Waals surface area contributed by atoms with Crippen LogP contribution < -0.4 is 5.73 Å². The van der Waals surface area contributed by atoms with Crippen molar-refractivity contribution >= 4 is 23.2 Å². The van der Waals surface area contributed by atoms with Crippen LogP contribution in [0.15, 0.2) is 18.2 Å². The van der Waals surface area contributed by atoms with Gasteiger partial charge >= 0.3 is 0 Å². The number of carbonyl (C=O) groups is 1. The molecule has 1 aliphatic rings. The van der Waals surface area contributed by atoms with Gasteiger partial charge in [-0.05, 0) is 50.8 Å². The van der Waals surface area contributed by atoms with Crippen LogP contribution in [-0.4, -0.2) is 23.4 Å². The highest BCUT2D eigenvalue weighted by molar-refractivity contribution is 6.33. The van der Waals surface area contributed by atoms with Gasteiger partial charge in [0.25, 0.3) is 5.91 Å². The van der Waals surface area contributed by atoms with E-state index in [0.717, 1.165) is 6.54 Å². The Bertz CT molecular complexity index is 455. The highest BCUT2D eigenvalue weighted by atomic mass is 35.5. The predicted molar refractivity (Wildman–Crippen MR) is 74.8 cm³/mol. The summed E-state index contributed by atoms with van der Waals surface area (Å²) in [5, 5.41) is 0.491. The Morgan fingerprint density at radius 3 is 2.67 bits per heavy atom. The van der Waals surface area contributed by atoms with Crippen LogP contribution in [0, 0.1) is 5.92 Å². The molecular formula is C14H19ClN2O. The number of anilines is 1. The van der Waals surface area contributed by atoms with E-state index < -0.39 is 0 Å². The number of nitrogens with zero attached hydrogens (tertiary/aromatic N) is 1. The lowest BCUT2D eigenvalue weighted by Crippen LogP contribution is -2.38. The molecule has 1 aliphatic carbocycles. The van der Waals surface area contributed by atoms with Crippen molar-refractivity contribution in [1.29, 1.82) is 0 Å². The normalized spacial score (nSPS) is 14.9. The fourth-order valence-electron chi connectivity index (χ4n) is 1.95. The summed E-state index contributed by atoms with van der Waals surface area (Å²) in [6.07, 6.45) is 2.47. The molecule has 3 nitrogen and oxygen atoms in total. The third kappa shape index (κ3) is 2.96. The zero-order chi connectivity index (χ0) is 13.3. The zero-order valence-electron chi connectivity index (χ0n) is 10.8. The van der Waals surface area contributed by atoms with Crippen LogP contribution in [0.4, 0.5) is 5.69 Å². The second-order valence-corrected chi connectivity index (χ2v) is 5.64. The maximum atomic E-state index is 12.4. The number of nitrogens with two attached hydrogens (primary N) is 1. The number of rotatable bonds is 4. The van der Waals surface area contributed by atoms with Crippen LogP contribution >= 0.6 is 11.6 Å². The highest BCUT2D eigenvalue weighted by Gasteiger charge is 2.28. The Morgan fingerprint density at radius 2 is 2.17 bits per heavy atom. The molecule has 0 unspecified atom stereocenters. The van der Waals surface area contributed by atoms with E-state index in [1.807, 2.05) is 18.7 Å². The zero-order valence-corrected chi connectivity index (χ0v) is 11.6. The molecule has 18 heavy (non-hydrogen) atoms. The summed E-state index contributed by atoms with van der Waals surface area (Å²) in [5.41, 5.74) is 6.82. The van der Waals surface area contributed by atoms with E-state index in [2.05, 4.69) is 0 Å². The summed E-state index contributed by atoms with van der Waals surface area (Å²) < 4.78 is 0. The molecule has 2 N–H and O–H groups in total. The monoisotopic (exact) mass is 266 g/mol. The van der Waals surface area contributed by atoms with Crippen molar-refractivity contribution in [2.45, 2.75) is 32.7 Å². The van der Waals surface area contributed by atoms with Gasteiger partial charge in [0.2, 0.25) is 0 Å². The van der Waals surface area contributed by atoms with E-state index in [1.165, 1.54) is 12.8 Å². The number of halogens is 1. The smallest absolute Gasteiger partial charge is 0.254 e. The first kappa shape index (κ1) is 13.2. The summed E-state index contributed by atoms with van der Waals surface area (Å²) in [4.78, 5) is 14.4. The molecule has 1 aromatic rings. The minimum atomic E-state index is 0.0419. The largest absolute Gasteiger partial charge is 0.398 e. The number of nitrogen functional groups attached to an aromatic ring is 1. The van der Waals surface area contributed by atoms with E-state index in [0.29, 0.717) is 22.2 Å². The van der Waals surface area contributed by atoms with Crippen molar-refractivity contribution in [2.75, 3.05) is 12.3 Å². The number of hydrogen-bond acceptors (Lipinski definition) is 2. The molecular weight excluding hydrogens is 248 g/mol. The average molecular weight is 267 g/mol. The van der Waals surface area contributed by atoms with Gasteiger partial charge in [-0.2, -0.15) is 0 Å². The van der Waals surface area contributed by atoms with Crippen molar-refractivity contribution in [3.63, 3.8) is 0 Å². The topological polar surface area (TPSA) is 46.3 Å². The fraction of sp³-hybridized carbons (Fsp3) is 0.500. The minimum absolute atomic E-state index is 0.0419. The molecule has 1 aromatic carbocycles. The molecule has 2 rings (SSSR count). The number of carbonyl (C=O) groups excluding carboxylic acids is 1. The summed E-state index contributed by atoms with van der Waals surface area (Å²) in [5.74, 6) is 0.723. The van der Waals surface area contributed by atoms with E-state index in [1.54, 1.807) is 18.2 Å². The van der Waals surface area contributed by atoms with Gasteiger partial charge < -0.3 is 10.6 Å². The number of amides is 1. The van der Waals surface area contributed by atoms with Crippen molar-refractivity contribution in [3.05, 3.63) is 28.8 Å². The fourth-order valence-corrected chi connectivity index (χ4v) is 2.07. The standard InChI is InChI=1S/C14H19ClN2O/c1-9(2)17(8-10-3-4-10)14(18)11-5-6-12(15)13(16)7-11/h5-7,9-10H,3-4,8,16H2,1-2H3. The van der Waals surface area contributed by atoms with Gasteiger partial charge in [-0.1, -0.05) is 11.6 Å². The second kappa shape index (κ2) is 5.19. The lowest BCUT2D eigenvalue weighted by Gasteiger charge is -2.27. The third-order valence-corrected chi connectivity index (χ3v) is 3.62. The van der Waals surface area contributed by atoms with Gasteiger partial charge in [-0.25, -0.2) is 0 Å². The molecule has 0 spiro atoms. The summed E-state index contributed by atoms with van der Waals surface area (Å²) in [6.45, 7) is 4.93. The molecule has 1 saturated carbocycles.